The van der Waals surface area contributed by atoms with E-state index in [1.807, 2.05) is 0 Å². The number of rotatable bonds is 41. The van der Waals surface area contributed by atoms with E-state index >= 15 is 0 Å². The van der Waals surface area contributed by atoms with Crippen LogP contribution in [-0.4, -0.2) is 48.2 Å². The lowest BCUT2D eigenvalue weighted by Gasteiger charge is -2.20. The van der Waals surface area contributed by atoms with Gasteiger partial charge >= 0.3 is 11.9 Å². The summed E-state index contributed by atoms with van der Waals surface area (Å²) in [5.41, 5.74) is 0. The lowest BCUT2D eigenvalue weighted by Crippen LogP contribution is -2.20. The number of carbonyl (C=O) groups excluding carboxylic acids is 2. The van der Waals surface area contributed by atoms with Crippen LogP contribution in [0.25, 0.3) is 0 Å². The zero-order valence-electron chi connectivity index (χ0n) is 35.3. The first-order valence-electron chi connectivity index (χ1n) is 22.9. The molecule has 0 aromatic heterocycles. The number of hydrogen-bond acceptors (Lipinski definition) is 6. The molecule has 0 aromatic rings. The van der Waals surface area contributed by atoms with Crippen molar-refractivity contribution in [1.82, 2.24) is 4.90 Å². The number of unbranched alkanes of at least 4 members (excludes halogenated alkanes) is 22. The molecule has 0 aliphatic carbocycles. The third kappa shape index (κ3) is 32.9. The monoisotopic (exact) mass is 736 g/mol. The minimum atomic E-state index is 0.0352. The molecule has 1 N–H and O–H groups in total. The van der Waals surface area contributed by atoms with Crippen LogP contribution in [0.2, 0.25) is 0 Å². The fourth-order valence-electron chi connectivity index (χ4n) is 7.21. The average Bonchev–Trinajstić information content (AvgIpc) is 3.14. The summed E-state index contributed by atoms with van der Waals surface area (Å²) >= 11 is 0. The third-order valence-electron chi connectivity index (χ3n) is 10.7. The SMILES string of the molecule is CCCCCCCCC(CCCCCC)C(=O)OCCCCCCN(/C=C/O)CCCCCCOC(=O)C(CCCCCC)CCCCCCCC. The summed E-state index contributed by atoms with van der Waals surface area (Å²) < 4.78 is 11.5. The molecule has 0 bridgehead atoms. The topological polar surface area (TPSA) is 76.1 Å². The Morgan fingerprint density at radius 3 is 1.08 bits per heavy atom. The van der Waals surface area contributed by atoms with Crippen molar-refractivity contribution in [2.24, 2.45) is 11.8 Å². The second-order valence-electron chi connectivity index (χ2n) is 15.7. The van der Waals surface area contributed by atoms with Crippen molar-refractivity contribution in [3.63, 3.8) is 0 Å². The van der Waals surface area contributed by atoms with Crippen molar-refractivity contribution < 1.29 is 24.2 Å². The Kier molecular flexibility index (Phi) is 39.1. The Hall–Kier alpha value is -1.72. The molecule has 0 radical (unpaired) electrons. The summed E-state index contributed by atoms with van der Waals surface area (Å²) in [6.07, 6.45) is 39.9. The van der Waals surface area contributed by atoms with Gasteiger partial charge in [-0.1, -0.05) is 169 Å². The Balaban J connectivity index is 4.21. The first-order valence-corrected chi connectivity index (χ1v) is 22.9. The van der Waals surface area contributed by atoms with Crippen LogP contribution in [-0.2, 0) is 19.1 Å². The summed E-state index contributed by atoms with van der Waals surface area (Å²) in [5, 5.41) is 9.42. The highest BCUT2D eigenvalue weighted by Gasteiger charge is 2.20. The zero-order valence-corrected chi connectivity index (χ0v) is 35.3. The lowest BCUT2D eigenvalue weighted by molar-refractivity contribution is -0.150. The molecule has 2 atom stereocenters. The maximum atomic E-state index is 12.9. The summed E-state index contributed by atoms with van der Waals surface area (Å²) in [4.78, 5) is 28.0. The van der Waals surface area contributed by atoms with Gasteiger partial charge in [0, 0.05) is 19.3 Å². The summed E-state index contributed by atoms with van der Waals surface area (Å²) in [6, 6.07) is 0. The van der Waals surface area contributed by atoms with Crippen LogP contribution in [0.5, 0.6) is 0 Å². The van der Waals surface area contributed by atoms with Gasteiger partial charge in [0.05, 0.1) is 31.3 Å². The van der Waals surface area contributed by atoms with Crippen LogP contribution in [0.15, 0.2) is 12.5 Å². The van der Waals surface area contributed by atoms with Gasteiger partial charge in [0.2, 0.25) is 0 Å². The number of ether oxygens (including phenoxy) is 2. The number of esters is 2. The van der Waals surface area contributed by atoms with Gasteiger partial charge < -0.3 is 19.5 Å². The van der Waals surface area contributed by atoms with E-state index in [2.05, 4.69) is 32.6 Å². The molecule has 0 rings (SSSR count). The van der Waals surface area contributed by atoms with Gasteiger partial charge in [0.25, 0.3) is 0 Å². The second kappa shape index (κ2) is 40.5. The minimum Gasteiger partial charge on any atom is -0.514 e. The Bertz CT molecular complexity index is 729. The molecule has 0 amide bonds. The van der Waals surface area contributed by atoms with Crippen molar-refractivity contribution in [3.05, 3.63) is 12.5 Å². The van der Waals surface area contributed by atoms with Gasteiger partial charge in [-0.2, -0.15) is 0 Å². The van der Waals surface area contributed by atoms with E-state index in [4.69, 9.17) is 9.47 Å². The molecule has 52 heavy (non-hydrogen) atoms. The van der Waals surface area contributed by atoms with Gasteiger partial charge in [-0.15, -0.1) is 0 Å². The Morgan fingerprint density at radius 2 is 0.731 bits per heavy atom. The zero-order chi connectivity index (χ0) is 38.2. The molecule has 0 saturated carbocycles. The third-order valence-corrected chi connectivity index (χ3v) is 10.7. The molecular formula is C46H89NO5. The molecule has 0 heterocycles. The summed E-state index contributed by atoms with van der Waals surface area (Å²) in [6.45, 7) is 11.9. The van der Waals surface area contributed by atoms with E-state index < -0.39 is 0 Å². The molecule has 0 aliphatic heterocycles. The molecule has 0 saturated heterocycles. The van der Waals surface area contributed by atoms with Crippen LogP contribution < -0.4 is 0 Å². The Labute approximate surface area is 324 Å². The van der Waals surface area contributed by atoms with Gasteiger partial charge in [0.15, 0.2) is 0 Å². The highest BCUT2D eigenvalue weighted by atomic mass is 16.5. The van der Waals surface area contributed by atoms with E-state index in [1.54, 1.807) is 6.20 Å². The number of hydrogen-bond donors (Lipinski definition) is 1. The highest BCUT2D eigenvalue weighted by Crippen LogP contribution is 2.22. The molecule has 2 unspecified atom stereocenters. The minimum absolute atomic E-state index is 0.0352. The standard InChI is InChI=1S/C46H89NO5/c1-5-9-13-17-19-27-35-43(33-25-15-11-7-3)45(49)51-41-31-23-21-29-37-47(39-40-48)38-30-22-24-32-42-52-46(50)44(34-26-16-12-8-4)36-28-20-18-14-10-6-2/h39-40,43-44,48H,5-38,41-42H2,1-4H3/b40-39+. The molecule has 0 aromatic carbocycles. The molecule has 6 nitrogen and oxygen atoms in total. The van der Waals surface area contributed by atoms with Gasteiger partial charge in [0.1, 0.15) is 0 Å². The lowest BCUT2D eigenvalue weighted by atomic mass is 9.94. The predicted molar refractivity (Wildman–Crippen MR) is 223 cm³/mol. The van der Waals surface area contributed by atoms with E-state index in [9.17, 15) is 14.7 Å². The van der Waals surface area contributed by atoms with E-state index in [1.165, 1.54) is 103 Å². The fraction of sp³-hybridized carbons (Fsp3) is 0.913. The van der Waals surface area contributed by atoms with Crippen molar-refractivity contribution in [1.29, 1.82) is 0 Å². The second-order valence-corrected chi connectivity index (χ2v) is 15.7. The van der Waals surface area contributed by atoms with E-state index in [-0.39, 0.29) is 23.8 Å². The summed E-state index contributed by atoms with van der Waals surface area (Å²) in [5.74, 6) is 0.226. The number of carbonyl (C=O) groups is 2. The number of nitrogens with zero attached hydrogens (tertiary/aromatic N) is 1. The number of aliphatic hydroxyl groups is 1. The summed E-state index contributed by atoms with van der Waals surface area (Å²) in [7, 11) is 0. The first kappa shape index (κ1) is 50.3. The normalized spacial score (nSPS) is 12.7. The molecule has 0 spiro atoms. The highest BCUT2D eigenvalue weighted by molar-refractivity contribution is 5.72. The molecule has 0 aliphatic rings. The molecular weight excluding hydrogens is 647 g/mol. The van der Waals surface area contributed by atoms with Crippen LogP contribution in [0.1, 0.15) is 233 Å². The van der Waals surface area contributed by atoms with Gasteiger partial charge in [-0.3, -0.25) is 9.59 Å². The van der Waals surface area contributed by atoms with Crippen LogP contribution >= 0.6 is 0 Å². The fourth-order valence-corrected chi connectivity index (χ4v) is 7.21. The molecule has 308 valence electrons. The maximum absolute atomic E-state index is 12.9. The molecule has 6 heteroatoms. The van der Waals surface area contributed by atoms with Crippen LogP contribution in [0.4, 0.5) is 0 Å². The van der Waals surface area contributed by atoms with Crippen molar-refractivity contribution in [3.8, 4) is 0 Å². The van der Waals surface area contributed by atoms with Crippen molar-refractivity contribution >= 4 is 11.9 Å². The van der Waals surface area contributed by atoms with E-state index in [0.29, 0.717) is 13.2 Å². The number of aliphatic hydroxyl groups excluding tert-OH is 1. The van der Waals surface area contributed by atoms with Gasteiger partial charge in [-0.05, 0) is 64.2 Å². The molecule has 0 fully saturated rings. The predicted octanol–water partition coefficient (Wildman–Crippen LogP) is 14.2. The smallest absolute Gasteiger partial charge is 0.308 e. The average molecular weight is 736 g/mol. The van der Waals surface area contributed by atoms with Crippen molar-refractivity contribution in [2.75, 3.05) is 26.3 Å². The Morgan fingerprint density at radius 1 is 0.442 bits per heavy atom. The van der Waals surface area contributed by atoms with Crippen LogP contribution in [0.3, 0.4) is 0 Å². The van der Waals surface area contributed by atoms with Crippen molar-refractivity contribution in [2.45, 2.75) is 233 Å². The maximum Gasteiger partial charge on any atom is 0.308 e. The van der Waals surface area contributed by atoms with Gasteiger partial charge in [-0.25, -0.2) is 0 Å². The first-order chi connectivity index (χ1) is 25.5. The van der Waals surface area contributed by atoms with E-state index in [0.717, 1.165) is 122 Å². The van der Waals surface area contributed by atoms with Crippen LogP contribution in [0, 0.1) is 11.8 Å². The largest absolute Gasteiger partial charge is 0.514 e. The quantitative estimate of drug-likeness (QED) is 0.0383.